The fraction of sp³-hybridized carbons (Fsp3) is 0.238. The number of hydrogen-bond acceptors (Lipinski definition) is 3. The largest absolute Gasteiger partial charge is 0.376 e. The standard InChI is InChI=1S/C21H18ClF2N3O/c1-12(28)27-9-7-18(15-3-2-14(23)10-13(15)11-27)26-19-5-4-16-17(22)6-8-25-21(16)20(19)24/h2-6,8,10,18,26H,7,9,11H2,1H3. The zero-order valence-electron chi connectivity index (χ0n) is 15.2. The van der Waals surface area contributed by atoms with E-state index in [1.807, 2.05) is 0 Å². The normalized spacial score (nSPS) is 16.6. The molecule has 2 aromatic carbocycles. The number of amides is 1. The van der Waals surface area contributed by atoms with Gasteiger partial charge in [-0.25, -0.2) is 8.78 Å². The van der Waals surface area contributed by atoms with Crippen molar-refractivity contribution in [2.45, 2.75) is 25.9 Å². The molecule has 0 saturated carbocycles. The zero-order chi connectivity index (χ0) is 19.8. The molecule has 7 heteroatoms. The van der Waals surface area contributed by atoms with E-state index in [1.165, 1.54) is 25.3 Å². The monoisotopic (exact) mass is 401 g/mol. The van der Waals surface area contributed by atoms with Gasteiger partial charge in [0, 0.05) is 31.6 Å². The minimum atomic E-state index is -0.490. The molecule has 1 atom stereocenters. The molecule has 4 rings (SSSR count). The first-order valence-corrected chi connectivity index (χ1v) is 9.35. The quantitative estimate of drug-likeness (QED) is 0.652. The summed E-state index contributed by atoms with van der Waals surface area (Å²) in [6, 6.07) is 9.20. The molecule has 2 heterocycles. The molecule has 0 aliphatic carbocycles. The summed E-state index contributed by atoms with van der Waals surface area (Å²) in [4.78, 5) is 17.6. The summed E-state index contributed by atoms with van der Waals surface area (Å²) >= 11 is 6.12. The van der Waals surface area contributed by atoms with E-state index in [-0.39, 0.29) is 23.3 Å². The van der Waals surface area contributed by atoms with Crippen LogP contribution in [-0.4, -0.2) is 22.3 Å². The highest BCUT2D eigenvalue weighted by molar-refractivity contribution is 6.35. The topological polar surface area (TPSA) is 45.2 Å². The Kier molecular flexibility index (Phi) is 4.89. The van der Waals surface area contributed by atoms with Crippen molar-refractivity contribution in [3.8, 4) is 0 Å². The highest BCUT2D eigenvalue weighted by Gasteiger charge is 2.25. The fourth-order valence-corrected chi connectivity index (χ4v) is 3.85. The van der Waals surface area contributed by atoms with Crippen molar-refractivity contribution in [3.05, 3.63) is 70.4 Å². The zero-order valence-corrected chi connectivity index (χ0v) is 15.9. The van der Waals surface area contributed by atoms with Crippen molar-refractivity contribution in [1.29, 1.82) is 0 Å². The first kappa shape index (κ1) is 18.6. The van der Waals surface area contributed by atoms with E-state index < -0.39 is 5.82 Å². The first-order chi connectivity index (χ1) is 13.4. The van der Waals surface area contributed by atoms with Crippen LogP contribution in [0.5, 0.6) is 0 Å². The Morgan fingerprint density at radius 3 is 2.86 bits per heavy atom. The molecular weight excluding hydrogens is 384 g/mol. The summed E-state index contributed by atoms with van der Waals surface area (Å²) < 4.78 is 28.8. The number of carbonyl (C=O) groups excluding carboxylic acids is 1. The molecule has 1 aliphatic rings. The molecule has 144 valence electrons. The lowest BCUT2D eigenvalue weighted by Gasteiger charge is -2.21. The molecule has 1 aromatic heterocycles. The Morgan fingerprint density at radius 2 is 2.07 bits per heavy atom. The lowest BCUT2D eigenvalue weighted by atomic mass is 9.98. The number of carbonyl (C=O) groups is 1. The van der Waals surface area contributed by atoms with Gasteiger partial charge in [0.15, 0.2) is 5.82 Å². The van der Waals surface area contributed by atoms with Crippen LogP contribution >= 0.6 is 11.6 Å². The van der Waals surface area contributed by atoms with Gasteiger partial charge in [0.1, 0.15) is 11.3 Å². The fourth-order valence-electron chi connectivity index (χ4n) is 3.64. The third kappa shape index (κ3) is 3.40. The van der Waals surface area contributed by atoms with Crippen LogP contribution in [0.1, 0.15) is 30.5 Å². The number of anilines is 1. The predicted molar refractivity (Wildman–Crippen MR) is 105 cm³/mol. The van der Waals surface area contributed by atoms with E-state index in [1.54, 1.807) is 29.2 Å². The van der Waals surface area contributed by atoms with Gasteiger partial charge in [-0.15, -0.1) is 0 Å². The van der Waals surface area contributed by atoms with Crippen LogP contribution in [0, 0.1) is 11.6 Å². The lowest BCUT2D eigenvalue weighted by Crippen LogP contribution is -2.28. The van der Waals surface area contributed by atoms with Crippen LogP contribution in [0.4, 0.5) is 14.5 Å². The van der Waals surface area contributed by atoms with E-state index in [0.29, 0.717) is 41.2 Å². The van der Waals surface area contributed by atoms with Crippen molar-refractivity contribution < 1.29 is 13.6 Å². The number of halogens is 3. The molecule has 0 saturated heterocycles. The van der Waals surface area contributed by atoms with Crippen LogP contribution in [0.3, 0.4) is 0 Å². The number of pyridine rings is 1. The lowest BCUT2D eigenvalue weighted by molar-refractivity contribution is -0.129. The Balaban J connectivity index is 1.73. The molecule has 0 fully saturated rings. The smallest absolute Gasteiger partial charge is 0.219 e. The van der Waals surface area contributed by atoms with E-state index in [2.05, 4.69) is 10.3 Å². The molecular formula is C21H18ClF2N3O. The number of hydrogen-bond donors (Lipinski definition) is 1. The van der Waals surface area contributed by atoms with Gasteiger partial charge in [-0.3, -0.25) is 9.78 Å². The Labute approximate surface area is 166 Å². The molecule has 1 N–H and O–H groups in total. The summed E-state index contributed by atoms with van der Waals surface area (Å²) in [5.74, 6) is -0.929. The highest BCUT2D eigenvalue weighted by Crippen LogP contribution is 2.34. The summed E-state index contributed by atoms with van der Waals surface area (Å²) in [6.07, 6.45) is 2.03. The van der Waals surface area contributed by atoms with Gasteiger partial charge in [-0.2, -0.15) is 0 Å². The molecule has 0 spiro atoms. The number of nitrogens with zero attached hydrogens (tertiary/aromatic N) is 2. The minimum Gasteiger partial charge on any atom is -0.376 e. The van der Waals surface area contributed by atoms with Gasteiger partial charge in [0.05, 0.1) is 16.8 Å². The Morgan fingerprint density at radius 1 is 1.25 bits per heavy atom. The van der Waals surface area contributed by atoms with Gasteiger partial charge < -0.3 is 10.2 Å². The molecule has 1 unspecified atom stereocenters. The van der Waals surface area contributed by atoms with Gasteiger partial charge in [0.2, 0.25) is 5.91 Å². The Bertz CT molecular complexity index is 1070. The number of aromatic nitrogens is 1. The molecule has 28 heavy (non-hydrogen) atoms. The molecule has 4 nitrogen and oxygen atoms in total. The predicted octanol–water partition coefficient (Wildman–Crippen LogP) is 5.07. The second kappa shape index (κ2) is 7.36. The number of benzene rings is 2. The van der Waals surface area contributed by atoms with Crippen molar-refractivity contribution in [2.24, 2.45) is 0 Å². The van der Waals surface area contributed by atoms with Gasteiger partial charge in [-0.05, 0) is 47.9 Å². The molecule has 0 bridgehead atoms. The van der Waals surface area contributed by atoms with Crippen LogP contribution in [0.15, 0.2) is 42.6 Å². The van der Waals surface area contributed by atoms with Gasteiger partial charge in [-0.1, -0.05) is 17.7 Å². The third-order valence-electron chi connectivity index (χ3n) is 5.10. The summed E-state index contributed by atoms with van der Waals surface area (Å²) in [5.41, 5.74) is 2.05. The van der Waals surface area contributed by atoms with Crippen LogP contribution in [0.25, 0.3) is 10.9 Å². The minimum absolute atomic E-state index is 0.0772. The van der Waals surface area contributed by atoms with Crippen LogP contribution < -0.4 is 5.32 Å². The van der Waals surface area contributed by atoms with E-state index in [9.17, 15) is 9.18 Å². The van der Waals surface area contributed by atoms with Crippen molar-refractivity contribution >= 4 is 34.1 Å². The van der Waals surface area contributed by atoms with E-state index in [4.69, 9.17) is 11.6 Å². The molecule has 1 amide bonds. The van der Waals surface area contributed by atoms with Crippen molar-refractivity contribution in [1.82, 2.24) is 9.88 Å². The Hall–Kier alpha value is -2.73. The van der Waals surface area contributed by atoms with Gasteiger partial charge in [0.25, 0.3) is 0 Å². The first-order valence-electron chi connectivity index (χ1n) is 8.97. The maximum absolute atomic E-state index is 15.0. The average molecular weight is 402 g/mol. The molecule has 3 aromatic rings. The number of nitrogens with one attached hydrogen (secondary N) is 1. The SMILES string of the molecule is CC(=O)N1CCC(Nc2ccc3c(Cl)ccnc3c2F)c2ccc(F)cc2C1. The van der Waals surface area contributed by atoms with Crippen molar-refractivity contribution in [3.63, 3.8) is 0 Å². The average Bonchev–Trinajstić information content (AvgIpc) is 2.84. The van der Waals surface area contributed by atoms with E-state index >= 15 is 4.39 Å². The summed E-state index contributed by atoms with van der Waals surface area (Å²) in [5, 5.41) is 4.19. The van der Waals surface area contributed by atoms with Crippen molar-refractivity contribution in [2.75, 3.05) is 11.9 Å². The number of fused-ring (bicyclic) bond motifs is 2. The third-order valence-corrected chi connectivity index (χ3v) is 5.43. The number of rotatable bonds is 2. The molecule has 0 radical (unpaired) electrons. The van der Waals surface area contributed by atoms with Gasteiger partial charge >= 0.3 is 0 Å². The van der Waals surface area contributed by atoms with Crippen LogP contribution in [-0.2, 0) is 11.3 Å². The maximum atomic E-state index is 15.0. The second-order valence-corrected chi connectivity index (χ2v) is 7.29. The highest BCUT2D eigenvalue weighted by atomic mass is 35.5. The summed E-state index contributed by atoms with van der Waals surface area (Å²) in [6.45, 7) is 2.31. The summed E-state index contributed by atoms with van der Waals surface area (Å²) in [7, 11) is 0. The van der Waals surface area contributed by atoms with Crippen LogP contribution in [0.2, 0.25) is 5.02 Å². The molecule has 1 aliphatic heterocycles. The second-order valence-electron chi connectivity index (χ2n) is 6.89. The van der Waals surface area contributed by atoms with E-state index in [0.717, 1.165) is 5.56 Å². The maximum Gasteiger partial charge on any atom is 0.219 e.